The minimum Gasteiger partial charge on any atom is -0.497 e. The van der Waals surface area contributed by atoms with E-state index < -0.39 is 0 Å². The lowest BCUT2D eigenvalue weighted by molar-refractivity contribution is 0.0946. The first kappa shape index (κ1) is 19.4. The standard InChI is InChI=1S/C22H22FN3O2/c1-28-20-8-4-17(5-9-20)15-26-22(27)21-14-19(11-13-25-21)24-12-10-16-2-6-18(23)7-3-16/h2-9,11,13-14H,10,12,15H2,1H3,(H,24,25)(H,26,27). The second-order valence-corrected chi connectivity index (χ2v) is 6.26. The van der Waals surface area contributed by atoms with Gasteiger partial charge in [-0.2, -0.15) is 0 Å². The summed E-state index contributed by atoms with van der Waals surface area (Å²) >= 11 is 0. The van der Waals surface area contributed by atoms with Gasteiger partial charge in [0, 0.05) is 25.0 Å². The first-order valence-electron chi connectivity index (χ1n) is 8.99. The summed E-state index contributed by atoms with van der Waals surface area (Å²) in [4.78, 5) is 16.5. The first-order valence-corrected chi connectivity index (χ1v) is 8.99. The molecule has 0 aliphatic carbocycles. The molecule has 0 saturated heterocycles. The van der Waals surface area contributed by atoms with Crippen molar-refractivity contribution in [3.05, 3.63) is 89.5 Å². The summed E-state index contributed by atoms with van der Waals surface area (Å²) in [6.07, 6.45) is 2.35. The summed E-state index contributed by atoms with van der Waals surface area (Å²) < 4.78 is 18.1. The van der Waals surface area contributed by atoms with E-state index in [9.17, 15) is 9.18 Å². The van der Waals surface area contributed by atoms with E-state index in [1.54, 1.807) is 31.5 Å². The number of pyridine rings is 1. The van der Waals surface area contributed by atoms with Crippen molar-refractivity contribution in [3.8, 4) is 5.75 Å². The maximum Gasteiger partial charge on any atom is 0.270 e. The van der Waals surface area contributed by atoms with Crippen LogP contribution in [0.5, 0.6) is 5.75 Å². The van der Waals surface area contributed by atoms with E-state index in [-0.39, 0.29) is 11.7 Å². The van der Waals surface area contributed by atoms with Crippen molar-refractivity contribution in [2.45, 2.75) is 13.0 Å². The second kappa shape index (κ2) is 9.50. The minimum atomic E-state index is -0.240. The molecule has 0 fully saturated rings. The number of amides is 1. The third-order valence-corrected chi connectivity index (χ3v) is 4.26. The van der Waals surface area contributed by atoms with Gasteiger partial charge in [-0.25, -0.2) is 4.39 Å². The SMILES string of the molecule is COc1ccc(CNC(=O)c2cc(NCCc3ccc(F)cc3)ccn2)cc1. The molecule has 3 aromatic rings. The number of carbonyl (C=O) groups is 1. The number of ether oxygens (including phenoxy) is 1. The maximum absolute atomic E-state index is 12.9. The highest BCUT2D eigenvalue weighted by molar-refractivity contribution is 5.93. The Morgan fingerprint density at radius 2 is 1.75 bits per heavy atom. The summed E-state index contributed by atoms with van der Waals surface area (Å²) in [5.74, 6) is 0.297. The molecule has 2 aromatic carbocycles. The highest BCUT2D eigenvalue weighted by Gasteiger charge is 2.08. The molecule has 3 rings (SSSR count). The van der Waals surface area contributed by atoms with Crippen molar-refractivity contribution in [1.29, 1.82) is 0 Å². The van der Waals surface area contributed by atoms with Crippen molar-refractivity contribution < 1.29 is 13.9 Å². The van der Waals surface area contributed by atoms with Crippen molar-refractivity contribution >= 4 is 11.6 Å². The molecule has 0 aliphatic heterocycles. The number of nitrogens with one attached hydrogen (secondary N) is 2. The number of aromatic nitrogens is 1. The molecule has 1 amide bonds. The zero-order valence-corrected chi connectivity index (χ0v) is 15.6. The monoisotopic (exact) mass is 379 g/mol. The Kier molecular flexibility index (Phi) is 6.57. The number of nitrogens with zero attached hydrogens (tertiary/aromatic N) is 1. The Labute approximate surface area is 163 Å². The van der Waals surface area contributed by atoms with E-state index in [2.05, 4.69) is 15.6 Å². The van der Waals surface area contributed by atoms with Crippen LogP contribution in [0.1, 0.15) is 21.6 Å². The van der Waals surface area contributed by atoms with Gasteiger partial charge in [-0.05, 0) is 53.9 Å². The van der Waals surface area contributed by atoms with E-state index in [0.717, 1.165) is 29.0 Å². The predicted octanol–water partition coefficient (Wildman–Crippen LogP) is 3.81. The molecule has 0 aliphatic rings. The third-order valence-electron chi connectivity index (χ3n) is 4.26. The van der Waals surface area contributed by atoms with Gasteiger partial charge in [0.25, 0.3) is 5.91 Å². The molecule has 28 heavy (non-hydrogen) atoms. The molecule has 0 saturated carbocycles. The van der Waals surface area contributed by atoms with Crippen LogP contribution in [0.4, 0.5) is 10.1 Å². The van der Waals surface area contributed by atoms with Gasteiger partial charge >= 0.3 is 0 Å². The Morgan fingerprint density at radius 1 is 1.04 bits per heavy atom. The normalized spacial score (nSPS) is 10.4. The fourth-order valence-corrected chi connectivity index (χ4v) is 2.68. The first-order chi connectivity index (χ1) is 13.6. The molecule has 0 radical (unpaired) electrons. The molecule has 1 heterocycles. The predicted molar refractivity (Wildman–Crippen MR) is 107 cm³/mol. The smallest absolute Gasteiger partial charge is 0.270 e. The van der Waals surface area contributed by atoms with Gasteiger partial charge < -0.3 is 15.4 Å². The molecule has 144 valence electrons. The lowest BCUT2D eigenvalue weighted by atomic mass is 10.1. The third kappa shape index (κ3) is 5.54. The molecular formula is C22H22FN3O2. The van der Waals surface area contributed by atoms with Crippen LogP contribution in [0, 0.1) is 5.82 Å². The average molecular weight is 379 g/mol. The van der Waals surface area contributed by atoms with E-state index in [4.69, 9.17) is 4.74 Å². The lowest BCUT2D eigenvalue weighted by Gasteiger charge is -2.09. The Bertz CT molecular complexity index is 912. The van der Waals surface area contributed by atoms with Crippen LogP contribution in [-0.2, 0) is 13.0 Å². The van der Waals surface area contributed by atoms with Crippen LogP contribution in [0.3, 0.4) is 0 Å². The fraction of sp³-hybridized carbons (Fsp3) is 0.182. The van der Waals surface area contributed by atoms with Crippen LogP contribution in [-0.4, -0.2) is 24.5 Å². The summed E-state index contributed by atoms with van der Waals surface area (Å²) in [7, 11) is 1.61. The van der Waals surface area contributed by atoms with Crippen molar-refractivity contribution in [2.75, 3.05) is 19.0 Å². The number of hydrogen-bond acceptors (Lipinski definition) is 4. The number of carbonyl (C=O) groups excluding carboxylic acids is 1. The number of halogens is 1. The van der Waals surface area contributed by atoms with Gasteiger partial charge in [0.1, 0.15) is 17.3 Å². The largest absolute Gasteiger partial charge is 0.497 e. The molecule has 0 atom stereocenters. The van der Waals surface area contributed by atoms with E-state index in [1.165, 1.54) is 12.1 Å². The minimum absolute atomic E-state index is 0.238. The molecular weight excluding hydrogens is 357 g/mol. The van der Waals surface area contributed by atoms with Gasteiger partial charge in [0.05, 0.1) is 7.11 Å². The lowest BCUT2D eigenvalue weighted by Crippen LogP contribution is -2.23. The number of benzene rings is 2. The number of anilines is 1. The summed E-state index contributed by atoms with van der Waals surface area (Å²) in [6, 6.07) is 17.5. The van der Waals surface area contributed by atoms with Crippen molar-refractivity contribution in [2.24, 2.45) is 0 Å². The van der Waals surface area contributed by atoms with Gasteiger partial charge in [-0.15, -0.1) is 0 Å². The van der Waals surface area contributed by atoms with Crippen molar-refractivity contribution in [1.82, 2.24) is 10.3 Å². The van der Waals surface area contributed by atoms with Gasteiger partial charge in [-0.1, -0.05) is 24.3 Å². The van der Waals surface area contributed by atoms with Crippen LogP contribution in [0.2, 0.25) is 0 Å². The number of methoxy groups -OCH3 is 1. The molecule has 6 heteroatoms. The molecule has 2 N–H and O–H groups in total. The van der Waals surface area contributed by atoms with Gasteiger partial charge in [0.2, 0.25) is 0 Å². The van der Waals surface area contributed by atoms with E-state index in [1.807, 2.05) is 30.3 Å². The van der Waals surface area contributed by atoms with Crippen LogP contribution in [0.15, 0.2) is 66.9 Å². The highest BCUT2D eigenvalue weighted by atomic mass is 19.1. The van der Waals surface area contributed by atoms with E-state index >= 15 is 0 Å². The fourth-order valence-electron chi connectivity index (χ4n) is 2.68. The molecule has 0 unspecified atom stereocenters. The highest BCUT2D eigenvalue weighted by Crippen LogP contribution is 2.12. The summed E-state index contributed by atoms with van der Waals surface area (Å²) in [5.41, 5.74) is 3.18. The number of rotatable bonds is 8. The van der Waals surface area contributed by atoms with Gasteiger partial charge in [0.15, 0.2) is 0 Å². The Balaban J connectivity index is 1.51. The molecule has 0 spiro atoms. The molecule has 5 nitrogen and oxygen atoms in total. The maximum atomic E-state index is 12.9. The Morgan fingerprint density at radius 3 is 2.46 bits per heavy atom. The van der Waals surface area contributed by atoms with E-state index in [0.29, 0.717) is 18.8 Å². The van der Waals surface area contributed by atoms with Crippen LogP contribution in [0.25, 0.3) is 0 Å². The zero-order valence-electron chi connectivity index (χ0n) is 15.6. The topological polar surface area (TPSA) is 63.2 Å². The summed E-state index contributed by atoms with van der Waals surface area (Å²) in [6.45, 7) is 1.08. The number of hydrogen-bond donors (Lipinski definition) is 2. The van der Waals surface area contributed by atoms with Crippen LogP contribution < -0.4 is 15.4 Å². The zero-order chi connectivity index (χ0) is 19.8. The Hall–Kier alpha value is -3.41. The van der Waals surface area contributed by atoms with Gasteiger partial charge in [-0.3, -0.25) is 9.78 Å². The average Bonchev–Trinajstić information content (AvgIpc) is 2.74. The molecule has 1 aromatic heterocycles. The summed E-state index contributed by atoms with van der Waals surface area (Å²) in [5, 5.41) is 6.12. The van der Waals surface area contributed by atoms with Crippen LogP contribution >= 0.6 is 0 Å². The second-order valence-electron chi connectivity index (χ2n) is 6.26. The molecule has 0 bridgehead atoms. The quantitative estimate of drug-likeness (QED) is 0.625. The van der Waals surface area contributed by atoms with Crippen molar-refractivity contribution in [3.63, 3.8) is 0 Å².